The maximum Gasteiger partial charge on any atom is 0.434 e. The zero-order valence-electron chi connectivity index (χ0n) is 12.8. The molecule has 0 saturated heterocycles. The largest absolute Gasteiger partial charge is 0.434 e. The quantitative estimate of drug-likeness (QED) is 0.910. The first-order valence-electron chi connectivity index (χ1n) is 7.35. The van der Waals surface area contributed by atoms with Gasteiger partial charge in [0.2, 0.25) is 0 Å². The molecule has 1 atom stereocenters. The molecule has 0 spiro atoms. The lowest BCUT2D eigenvalue weighted by Crippen LogP contribution is -2.28. The summed E-state index contributed by atoms with van der Waals surface area (Å²) in [4.78, 5) is 20.1. The molecule has 3 rings (SSSR count). The van der Waals surface area contributed by atoms with Gasteiger partial charge in [0.15, 0.2) is 5.69 Å². The summed E-state index contributed by atoms with van der Waals surface area (Å²) in [6.07, 6.45) is -2.43. The number of carbonyl (C=O) groups is 1. The summed E-state index contributed by atoms with van der Waals surface area (Å²) >= 11 is 0.882. The lowest BCUT2D eigenvalue weighted by atomic mass is 10.2. The number of ether oxygens (including phenoxy) is 1. The monoisotopic (exact) mass is 360 g/mol. The van der Waals surface area contributed by atoms with Crippen LogP contribution >= 0.6 is 11.3 Å². The summed E-state index contributed by atoms with van der Waals surface area (Å²) in [6.45, 7) is 3.28. The van der Waals surface area contributed by atoms with E-state index in [9.17, 15) is 18.0 Å². The van der Waals surface area contributed by atoms with E-state index in [1.54, 1.807) is 13.1 Å². The molecule has 1 N–H and O–H groups in total. The summed E-state index contributed by atoms with van der Waals surface area (Å²) in [7, 11) is 0. The van der Waals surface area contributed by atoms with Crippen molar-refractivity contribution in [3.63, 3.8) is 0 Å². The maximum atomic E-state index is 12.7. The Morgan fingerprint density at radius 1 is 1.50 bits per heavy atom. The van der Waals surface area contributed by atoms with Crippen LogP contribution < -0.4 is 5.32 Å². The van der Waals surface area contributed by atoms with Gasteiger partial charge in [0.1, 0.15) is 23.1 Å². The third-order valence-electron chi connectivity index (χ3n) is 3.62. The highest BCUT2D eigenvalue weighted by molar-refractivity contribution is 7.09. The van der Waals surface area contributed by atoms with E-state index in [2.05, 4.69) is 15.3 Å². The molecule has 0 radical (unpaired) electrons. The highest BCUT2D eigenvalue weighted by atomic mass is 32.1. The highest BCUT2D eigenvalue weighted by Crippen LogP contribution is 2.32. The van der Waals surface area contributed by atoms with Gasteiger partial charge in [0.05, 0.1) is 12.6 Å². The van der Waals surface area contributed by atoms with Crippen molar-refractivity contribution in [2.45, 2.75) is 38.7 Å². The average molecular weight is 360 g/mol. The van der Waals surface area contributed by atoms with Crippen LogP contribution in [0.25, 0.3) is 0 Å². The number of carbonyl (C=O) groups excluding carboxylic acids is 1. The van der Waals surface area contributed by atoms with Crippen LogP contribution in [-0.4, -0.2) is 27.0 Å². The molecular formula is C14H15F3N4O2S. The maximum absolute atomic E-state index is 12.7. The van der Waals surface area contributed by atoms with Crippen LogP contribution in [0.15, 0.2) is 11.6 Å². The molecule has 130 valence electrons. The van der Waals surface area contributed by atoms with E-state index in [1.807, 2.05) is 4.57 Å². The molecule has 2 aromatic heterocycles. The van der Waals surface area contributed by atoms with Crippen LogP contribution in [0.2, 0.25) is 0 Å². The predicted molar refractivity (Wildman–Crippen MR) is 79.5 cm³/mol. The average Bonchev–Trinajstić information content (AvgIpc) is 3.18. The Balaban J connectivity index is 1.74. The topological polar surface area (TPSA) is 69.0 Å². The van der Waals surface area contributed by atoms with E-state index in [0.717, 1.165) is 16.7 Å². The minimum Gasteiger partial charge on any atom is -0.372 e. The van der Waals surface area contributed by atoms with Gasteiger partial charge in [-0.1, -0.05) is 6.92 Å². The predicted octanol–water partition coefficient (Wildman–Crippen LogP) is 2.77. The van der Waals surface area contributed by atoms with Crippen LogP contribution in [0.5, 0.6) is 0 Å². The van der Waals surface area contributed by atoms with E-state index in [4.69, 9.17) is 4.74 Å². The van der Waals surface area contributed by atoms with Gasteiger partial charge in [-0.2, -0.15) is 13.2 Å². The number of thiazole rings is 1. The Labute approximate surface area is 139 Å². The first kappa shape index (κ1) is 16.9. The zero-order chi connectivity index (χ0) is 17.3. The fraction of sp³-hybridized carbons (Fsp3) is 0.500. The van der Waals surface area contributed by atoms with Crippen LogP contribution in [0.4, 0.5) is 13.2 Å². The van der Waals surface area contributed by atoms with E-state index >= 15 is 0 Å². The molecule has 0 aliphatic carbocycles. The molecule has 0 bridgehead atoms. The van der Waals surface area contributed by atoms with Gasteiger partial charge in [-0.15, -0.1) is 11.3 Å². The number of alkyl halides is 3. The van der Waals surface area contributed by atoms with Gasteiger partial charge in [-0.3, -0.25) is 4.79 Å². The third kappa shape index (κ3) is 3.44. The molecule has 2 aromatic rings. The summed E-state index contributed by atoms with van der Waals surface area (Å²) in [5.74, 6) is 0.223. The zero-order valence-corrected chi connectivity index (χ0v) is 13.6. The number of rotatable bonds is 4. The van der Waals surface area contributed by atoms with Gasteiger partial charge in [0, 0.05) is 18.1 Å². The Bertz CT molecular complexity index is 717. The van der Waals surface area contributed by atoms with Crippen LogP contribution in [0, 0.1) is 0 Å². The molecule has 1 amide bonds. The minimum atomic E-state index is -4.49. The number of halogens is 3. The molecule has 0 fully saturated rings. The summed E-state index contributed by atoms with van der Waals surface area (Å²) in [5.41, 5.74) is -0.716. The first-order chi connectivity index (χ1) is 11.4. The van der Waals surface area contributed by atoms with Crippen molar-refractivity contribution in [2.24, 2.45) is 0 Å². The van der Waals surface area contributed by atoms with Crippen LogP contribution in [0.3, 0.4) is 0 Å². The second-order valence-corrected chi connectivity index (χ2v) is 6.18. The second-order valence-electron chi connectivity index (χ2n) is 5.29. The Morgan fingerprint density at radius 3 is 2.92 bits per heavy atom. The number of fused-ring (bicyclic) bond motifs is 1. The Morgan fingerprint density at radius 2 is 2.29 bits per heavy atom. The van der Waals surface area contributed by atoms with Gasteiger partial charge in [-0.25, -0.2) is 9.97 Å². The molecule has 1 aliphatic heterocycles. The van der Waals surface area contributed by atoms with Gasteiger partial charge in [0.25, 0.3) is 5.91 Å². The second kappa shape index (κ2) is 6.52. The van der Waals surface area contributed by atoms with E-state index in [1.165, 1.54) is 0 Å². The molecular weight excluding hydrogens is 345 g/mol. The molecule has 1 unspecified atom stereocenters. The van der Waals surface area contributed by atoms with Gasteiger partial charge in [-0.05, 0) is 6.42 Å². The minimum absolute atomic E-state index is 0.224. The van der Waals surface area contributed by atoms with Gasteiger partial charge < -0.3 is 14.6 Å². The summed E-state index contributed by atoms with van der Waals surface area (Å²) in [6, 6.07) is -0.589. The van der Waals surface area contributed by atoms with Crippen LogP contribution in [0.1, 0.15) is 46.4 Å². The summed E-state index contributed by atoms with van der Waals surface area (Å²) in [5, 5.41) is 3.88. The first-order valence-corrected chi connectivity index (χ1v) is 8.23. The lowest BCUT2D eigenvalue weighted by Gasteiger charge is -2.13. The SMILES string of the molecule is CCC(NC(=O)c1cn2c(n1)COCC2)c1nc(C(F)(F)F)cs1. The lowest BCUT2D eigenvalue weighted by molar-refractivity contribution is -0.140. The molecule has 6 nitrogen and oxygen atoms in total. The Hall–Kier alpha value is -1.94. The number of nitrogens with one attached hydrogen (secondary N) is 1. The number of hydrogen-bond donors (Lipinski definition) is 1. The van der Waals surface area contributed by atoms with Crippen molar-refractivity contribution < 1.29 is 22.7 Å². The fourth-order valence-corrected chi connectivity index (χ4v) is 3.31. The highest BCUT2D eigenvalue weighted by Gasteiger charge is 2.34. The number of amides is 1. The smallest absolute Gasteiger partial charge is 0.372 e. The molecule has 0 saturated carbocycles. The van der Waals surface area contributed by atoms with Crippen molar-refractivity contribution in [3.8, 4) is 0 Å². The Kier molecular flexibility index (Phi) is 4.59. The van der Waals surface area contributed by atoms with Crippen molar-refractivity contribution in [1.29, 1.82) is 0 Å². The van der Waals surface area contributed by atoms with E-state index in [-0.39, 0.29) is 10.7 Å². The van der Waals surface area contributed by atoms with Crippen molar-refractivity contribution >= 4 is 17.2 Å². The number of nitrogens with zero attached hydrogens (tertiary/aromatic N) is 3. The number of aromatic nitrogens is 3. The third-order valence-corrected chi connectivity index (χ3v) is 4.58. The van der Waals surface area contributed by atoms with Crippen molar-refractivity contribution in [3.05, 3.63) is 33.8 Å². The molecule has 10 heteroatoms. The van der Waals surface area contributed by atoms with E-state index < -0.39 is 23.8 Å². The van der Waals surface area contributed by atoms with Gasteiger partial charge >= 0.3 is 6.18 Å². The molecule has 1 aliphatic rings. The fourth-order valence-electron chi connectivity index (χ4n) is 2.35. The van der Waals surface area contributed by atoms with Crippen molar-refractivity contribution in [2.75, 3.05) is 6.61 Å². The molecule has 24 heavy (non-hydrogen) atoms. The van der Waals surface area contributed by atoms with Crippen LogP contribution in [-0.2, 0) is 24.1 Å². The normalized spacial score (nSPS) is 15.8. The number of imidazole rings is 1. The number of hydrogen-bond acceptors (Lipinski definition) is 5. The molecule has 3 heterocycles. The summed E-state index contributed by atoms with van der Waals surface area (Å²) < 4.78 is 45.1. The standard InChI is InChI=1S/C14H15F3N4O2S/c1-2-8(13-20-10(7-24-13)14(15,16)17)19-12(22)9-5-21-3-4-23-6-11(21)18-9/h5,7-8H,2-4,6H2,1H3,(H,19,22). The van der Waals surface area contributed by atoms with E-state index in [0.29, 0.717) is 32.0 Å². The van der Waals surface area contributed by atoms with Crippen molar-refractivity contribution in [1.82, 2.24) is 19.9 Å². The molecule has 0 aromatic carbocycles.